The quantitative estimate of drug-likeness (QED) is 0.481. The summed E-state index contributed by atoms with van der Waals surface area (Å²) in [5.41, 5.74) is 0.0450. The van der Waals surface area contributed by atoms with Crippen molar-refractivity contribution in [3.05, 3.63) is 92.0 Å². The van der Waals surface area contributed by atoms with Crippen molar-refractivity contribution < 1.29 is 23.4 Å². The molecule has 1 saturated heterocycles. The van der Waals surface area contributed by atoms with Gasteiger partial charge in [0.2, 0.25) is 5.91 Å². The van der Waals surface area contributed by atoms with Crippen molar-refractivity contribution in [2.24, 2.45) is 0 Å². The number of aromatic nitrogens is 2. The van der Waals surface area contributed by atoms with Gasteiger partial charge in [0.25, 0.3) is 5.56 Å². The molecule has 36 heavy (non-hydrogen) atoms. The third kappa shape index (κ3) is 4.16. The first kappa shape index (κ1) is 24.4. The second-order valence-electron chi connectivity index (χ2n) is 8.65. The number of nitrogens with one attached hydrogen (secondary N) is 2. The third-order valence-electron chi connectivity index (χ3n) is 6.48. The standard InChI is InChI=1S/C25H23F2N3O5S/c1-2-12-11-30(25(34)29-22(12)32)24-19(27)20(31)16(35-24)10-28-23(33)18-13-6-3-4-9-17(13)36-21-14(18)7-5-8-15(21)26/h3-9,11,16,18-20,24,31H,2,10H2,1H3,(H,28,33)(H,29,32,34)/t16-,18?,19-,20-,24-/m1/s1. The first-order valence-electron chi connectivity index (χ1n) is 11.4. The summed E-state index contributed by atoms with van der Waals surface area (Å²) in [4.78, 5) is 40.7. The van der Waals surface area contributed by atoms with Crippen LogP contribution < -0.4 is 16.6 Å². The minimum Gasteiger partial charge on any atom is -0.387 e. The van der Waals surface area contributed by atoms with Gasteiger partial charge in [0.1, 0.15) is 18.0 Å². The summed E-state index contributed by atoms with van der Waals surface area (Å²) in [5.74, 6) is -1.70. The van der Waals surface area contributed by atoms with E-state index in [1.807, 2.05) is 6.07 Å². The number of amides is 1. The molecule has 0 saturated carbocycles. The molecule has 1 fully saturated rings. The summed E-state index contributed by atoms with van der Waals surface area (Å²) in [6.45, 7) is 1.47. The van der Waals surface area contributed by atoms with Crippen molar-refractivity contribution >= 4 is 17.7 Å². The molecule has 3 heterocycles. The summed E-state index contributed by atoms with van der Waals surface area (Å²) in [5, 5.41) is 13.1. The Labute approximate surface area is 208 Å². The summed E-state index contributed by atoms with van der Waals surface area (Å²) in [7, 11) is 0. The number of aliphatic hydroxyl groups is 1. The number of carbonyl (C=O) groups is 1. The van der Waals surface area contributed by atoms with Gasteiger partial charge in [-0.05, 0) is 29.7 Å². The van der Waals surface area contributed by atoms with Crippen LogP contribution in [0.15, 0.2) is 68.0 Å². The fraction of sp³-hybridized carbons (Fsp3) is 0.320. The largest absolute Gasteiger partial charge is 0.387 e. The molecule has 1 aromatic heterocycles. The number of aryl methyl sites for hydroxylation is 1. The molecule has 11 heteroatoms. The van der Waals surface area contributed by atoms with Crippen LogP contribution in [0.1, 0.15) is 35.8 Å². The Balaban J connectivity index is 1.37. The van der Waals surface area contributed by atoms with Gasteiger partial charge in [-0.15, -0.1) is 0 Å². The lowest BCUT2D eigenvalue weighted by atomic mass is 9.89. The molecule has 0 bridgehead atoms. The first-order valence-corrected chi connectivity index (χ1v) is 12.3. The van der Waals surface area contributed by atoms with E-state index in [9.17, 15) is 28.3 Å². The van der Waals surface area contributed by atoms with Gasteiger partial charge in [-0.25, -0.2) is 13.6 Å². The average Bonchev–Trinajstić information content (AvgIpc) is 3.15. The van der Waals surface area contributed by atoms with Crippen molar-refractivity contribution in [2.45, 2.75) is 53.7 Å². The van der Waals surface area contributed by atoms with E-state index < -0.39 is 53.5 Å². The van der Waals surface area contributed by atoms with Crippen LogP contribution in [0, 0.1) is 5.82 Å². The Kier molecular flexibility index (Phi) is 6.54. The highest BCUT2D eigenvalue weighted by Gasteiger charge is 2.46. The number of H-pyrrole nitrogens is 1. The molecule has 2 aliphatic rings. The molecule has 3 N–H and O–H groups in total. The van der Waals surface area contributed by atoms with Crippen molar-refractivity contribution in [1.82, 2.24) is 14.9 Å². The Bertz CT molecular complexity index is 1440. The summed E-state index contributed by atoms with van der Waals surface area (Å²) in [6, 6.07) is 11.8. The maximum atomic E-state index is 15.0. The minimum absolute atomic E-state index is 0.244. The van der Waals surface area contributed by atoms with E-state index in [1.165, 1.54) is 30.1 Å². The SMILES string of the molecule is CCc1cn([C@@H]2O[C@H](CNC(=O)C3c4ccccc4Sc4c(F)cccc43)[C@@H](O)[C@H]2F)c(=O)[nH]c1=O. The van der Waals surface area contributed by atoms with Gasteiger partial charge >= 0.3 is 5.69 Å². The second kappa shape index (κ2) is 9.64. The van der Waals surface area contributed by atoms with Crippen molar-refractivity contribution in [3.63, 3.8) is 0 Å². The van der Waals surface area contributed by atoms with Gasteiger partial charge in [0.05, 0.1) is 10.8 Å². The van der Waals surface area contributed by atoms with Crippen LogP contribution in [0.5, 0.6) is 0 Å². The number of benzene rings is 2. The fourth-order valence-corrected chi connectivity index (χ4v) is 5.74. The number of aliphatic hydroxyl groups excluding tert-OH is 1. The van der Waals surface area contributed by atoms with E-state index in [4.69, 9.17) is 4.74 Å². The molecule has 0 radical (unpaired) electrons. The fourth-order valence-electron chi connectivity index (χ4n) is 4.60. The van der Waals surface area contributed by atoms with Crippen LogP contribution >= 0.6 is 11.8 Å². The van der Waals surface area contributed by atoms with Gasteiger partial charge in [-0.1, -0.05) is 49.0 Å². The molecule has 2 aromatic carbocycles. The lowest BCUT2D eigenvalue weighted by Crippen LogP contribution is -2.41. The lowest BCUT2D eigenvalue weighted by Gasteiger charge is -2.28. The molecular formula is C25H23F2N3O5S. The summed E-state index contributed by atoms with van der Waals surface area (Å²) in [6.07, 6.45) is -4.70. The summed E-state index contributed by atoms with van der Waals surface area (Å²) < 4.78 is 36.0. The molecule has 3 aromatic rings. The number of ether oxygens (including phenoxy) is 1. The molecule has 8 nitrogen and oxygen atoms in total. The van der Waals surface area contributed by atoms with Gasteiger partial charge in [0, 0.05) is 23.2 Å². The zero-order valence-electron chi connectivity index (χ0n) is 19.1. The topological polar surface area (TPSA) is 113 Å². The minimum atomic E-state index is -1.97. The number of halogens is 2. The monoisotopic (exact) mass is 515 g/mol. The lowest BCUT2D eigenvalue weighted by molar-refractivity contribution is -0.122. The van der Waals surface area contributed by atoms with Gasteiger partial charge in [-0.3, -0.25) is 19.1 Å². The van der Waals surface area contributed by atoms with E-state index in [0.717, 1.165) is 9.46 Å². The predicted molar refractivity (Wildman–Crippen MR) is 127 cm³/mol. The number of fused-ring (bicyclic) bond motifs is 2. The second-order valence-corrected chi connectivity index (χ2v) is 9.70. The van der Waals surface area contributed by atoms with Crippen LogP contribution in [0.4, 0.5) is 8.78 Å². The highest BCUT2D eigenvalue weighted by Crippen LogP contribution is 2.46. The van der Waals surface area contributed by atoms with E-state index in [0.29, 0.717) is 22.4 Å². The maximum Gasteiger partial charge on any atom is 0.330 e. The van der Waals surface area contributed by atoms with Crippen LogP contribution in [0.3, 0.4) is 0 Å². The first-order chi connectivity index (χ1) is 17.3. The highest BCUT2D eigenvalue weighted by molar-refractivity contribution is 7.99. The predicted octanol–water partition coefficient (Wildman–Crippen LogP) is 2.25. The zero-order chi connectivity index (χ0) is 25.6. The van der Waals surface area contributed by atoms with Crippen LogP contribution in [-0.2, 0) is 16.0 Å². The molecule has 5 atom stereocenters. The zero-order valence-corrected chi connectivity index (χ0v) is 19.9. The molecule has 0 aliphatic carbocycles. The van der Waals surface area contributed by atoms with E-state index in [-0.39, 0.29) is 12.1 Å². The smallest absolute Gasteiger partial charge is 0.330 e. The van der Waals surface area contributed by atoms with Crippen LogP contribution in [0.25, 0.3) is 0 Å². The van der Waals surface area contributed by atoms with Crippen LogP contribution in [0.2, 0.25) is 0 Å². The Morgan fingerprint density at radius 2 is 1.94 bits per heavy atom. The van der Waals surface area contributed by atoms with Gasteiger partial charge in [-0.2, -0.15) is 0 Å². The van der Waals surface area contributed by atoms with E-state index in [1.54, 1.807) is 31.2 Å². The Hall–Kier alpha value is -3.28. The molecule has 1 amide bonds. The van der Waals surface area contributed by atoms with Crippen molar-refractivity contribution in [3.8, 4) is 0 Å². The van der Waals surface area contributed by atoms with Crippen molar-refractivity contribution in [2.75, 3.05) is 6.54 Å². The number of rotatable bonds is 5. The molecule has 188 valence electrons. The summed E-state index contributed by atoms with van der Waals surface area (Å²) >= 11 is 1.25. The molecule has 1 unspecified atom stereocenters. The number of aromatic amines is 1. The number of alkyl halides is 1. The van der Waals surface area contributed by atoms with Crippen LogP contribution in [-0.4, -0.2) is 45.5 Å². The molecule has 0 spiro atoms. The van der Waals surface area contributed by atoms with E-state index in [2.05, 4.69) is 10.3 Å². The van der Waals surface area contributed by atoms with Gasteiger partial charge in [0.15, 0.2) is 12.4 Å². The highest BCUT2D eigenvalue weighted by atomic mass is 32.2. The van der Waals surface area contributed by atoms with E-state index >= 15 is 0 Å². The number of carbonyl (C=O) groups excluding carboxylic acids is 1. The molecule has 2 aliphatic heterocycles. The Morgan fingerprint density at radius 1 is 1.19 bits per heavy atom. The molecular weight excluding hydrogens is 492 g/mol. The van der Waals surface area contributed by atoms with Crippen molar-refractivity contribution in [1.29, 1.82) is 0 Å². The molecule has 5 rings (SSSR count). The number of hydrogen-bond acceptors (Lipinski definition) is 6. The number of nitrogens with zero attached hydrogens (tertiary/aromatic N) is 1. The Morgan fingerprint density at radius 3 is 2.72 bits per heavy atom. The maximum absolute atomic E-state index is 15.0. The number of hydrogen-bond donors (Lipinski definition) is 3. The normalized spacial score (nSPS) is 24.7. The third-order valence-corrected chi connectivity index (χ3v) is 7.71. The average molecular weight is 516 g/mol. The van der Waals surface area contributed by atoms with Gasteiger partial charge < -0.3 is 15.2 Å².